The Hall–Kier alpha value is 0.150. The van der Waals surface area contributed by atoms with E-state index in [-0.39, 0.29) is 5.82 Å². The topological polar surface area (TPSA) is 3.24 Å². The van der Waals surface area contributed by atoms with Crippen molar-refractivity contribution < 1.29 is 4.39 Å². The molecule has 0 aliphatic carbocycles. The molecule has 0 saturated heterocycles. The fraction of sp³-hybridized carbons (Fsp3) is 0.200. The van der Waals surface area contributed by atoms with Gasteiger partial charge in [-0.25, -0.2) is 4.39 Å². The number of hydrogen-bond acceptors (Lipinski definition) is 1. The summed E-state index contributed by atoms with van der Waals surface area (Å²) in [6.45, 7) is 5.46. The van der Waals surface area contributed by atoms with E-state index in [2.05, 4.69) is 52.3 Å². The molecular weight excluding hydrogens is 407 g/mol. The van der Waals surface area contributed by atoms with Gasteiger partial charge in [0.15, 0.2) is 0 Å². The van der Waals surface area contributed by atoms with E-state index < -0.39 is 0 Å². The SMILES string of the molecule is C=CCc1cc(N(I)I)cc(F)c1C. The van der Waals surface area contributed by atoms with E-state index in [0.717, 1.165) is 11.3 Å². The van der Waals surface area contributed by atoms with Crippen LogP contribution >= 0.6 is 45.7 Å². The molecule has 0 aromatic heterocycles. The van der Waals surface area contributed by atoms with Crippen LogP contribution in [0.4, 0.5) is 10.1 Å². The zero-order valence-electron chi connectivity index (χ0n) is 7.73. The maximum atomic E-state index is 13.5. The summed E-state index contributed by atoms with van der Waals surface area (Å²) in [5.41, 5.74) is 2.57. The predicted molar refractivity (Wildman–Crippen MR) is 75.6 cm³/mol. The van der Waals surface area contributed by atoms with Crippen molar-refractivity contribution in [2.45, 2.75) is 13.3 Å². The molecule has 14 heavy (non-hydrogen) atoms. The molecule has 0 aliphatic rings. The average molecular weight is 417 g/mol. The lowest BCUT2D eigenvalue weighted by molar-refractivity contribution is 0.617. The van der Waals surface area contributed by atoms with Gasteiger partial charge in [-0.05, 0) is 36.6 Å². The van der Waals surface area contributed by atoms with Gasteiger partial charge in [-0.1, -0.05) is 6.08 Å². The summed E-state index contributed by atoms with van der Waals surface area (Å²) in [6, 6.07) is 3.53. The predicted octanol–water partition coefficient (Wildman–Crippen LogP) is 4.37. The van der Waals surface area contributed by atoms with Crippen molar-refractivity contribution >= 4 is 51.4 Å². The highest BCUT2D eigenvalue weighted by Gasteiger charge is 2.08. The summed E-state index contributed by atoms with van der Waals surface area (Å²) in [6.07, 6.45) is 2.49. The van der Waals surface area contributed by atoms with Crippen molar-refractivity contribution in [1.82, 2.24) is 0 Å². The summed E-state index contributed by atoms with van der Waals surface area (Å²) < 4.78 is 15.3. The summed E-state index contributed by atoms with van der Waals surface area (Å²) in [7, 11) is 0. The first-order valence-corrected chi connectivity index (χ1v) is 6.01. The quantitative estimate of drug-likeness (QED) is 0.402. The molecule has 1 aromatic carbocycles. The average Bonchev–Trinajstić information content (AvgIpc) is 2.12. The smallest absolute Gasteiger partial charge is 0.128 e. The molecule has 0 heterocycles. The second kappa shape index (κ2) is 5.29. The van der Waals surface area contributed by atoms with E-state index in [1.807, 2.05) is 7.39 Å². The first-order chi connectivity index (χ1) is 6.56. The Morgan fingerprint density at radius 3 is 2.64 bits per heavy atom. The highest BCUT2D eigenvalue weighted by atomic mass is 127. The molecule has 0 N–H and O–H groups in total. The summed E-state index contributed by atoms with van der Waals surface area (Å²) in [5.74, 6) is -0.155. The molecule has 0 radical (unpaired) electrons. The van der Waals surface area contributed by atoms with Crippen molar-refractivity contribution in [3.63, 3.8) is 0 Å². The first kappa shape index (κ1) is 12.2. The third kappa shape index (κ3) is 2.82. The molecule has 0 saturated carbocycles. The van der Waals surface area contributed by atoms with Gasteiger partial charge in [-0.15, -0.1) is 6.58 Å². The molecule has 4 heteroatoms. The first-order valence-electron chi connectivity index (χ1n) is 4.08. The van der Waals surface area contributed by atoms with Crippen LogP contribution in [0.1, 0.15) is 11.1 Å². The van der Waals surface area contributed by atoms with Crippen LogP contribution in [0.2, 0.25) is 0 Å². The summed E-state index contributed by atoms with van der Waals surface area (Å²) >= 11 is 4.22. The van der Waals surface area contributed by atoms with Crippen molar-refractivity contribution in [1.29, 1.82) is 0 Å². The third-order valence-corrected chi connectivity index (χ3v) is 3.11. The third-order valence-electron chi connectivity index (χ3n) is 2.00. The molecule has 0 atom stereocenters. The van der Waals surface area contributed by atoms with Gasteiger partial charge in [-0.3, -0.25) is 1.33 Å². The Kier molecular flexibility index (Phi) is 4.62. The van der Waals surface area contributed by atoms with Gasteiger partial charge in [0.1, 0.15) is 5.82 Å². The van der Waals surface area contributed by atoms with Crippen LogP contribution in [0.5, 0.6) is 0 Å². The lowest BCUT2D eigenvalue weighted by atomic mass is 10.0. The molecule has 1 aromatic rings. The molecule has 0 bridgehead atoms. The molecule has 1 nitrogen and oxygen atoms in total. The molecule has 76 valence electrons. The Labute approximate surface area is 111 Å². The van der Waals surface area contributed by atoms with Crippen molar-refractivity contribution in [3.05, 3.63) is 41.7 Å². The number of allylic oxidation sites excluding steroid dienone is 1. The Balaban J connectivity index is 3.20. The van der Waals surface area contributed by atoms with Gasteiger partial charge in [0, 0.05) is 0 Å². The number of anilines is 1. The molecular formula is C10H10FI2N. The van der Waals surface area contributed by atoms with Crippen LogP contribution in [0.3, 0.4) is 0 Å². The molecule has 0 spiro atoms. The van der Waals surface area contributed by atoms with Gasteiger partial charge in [0.25, 0.3) is 0 Å². The highest BCUT2D eigenvalue weighted by Crippen LogP contribution is 2.27. The van der Waals surface area contributed by atoms with E-state index in [4.69, 9.17) is 0 Å². The molecule has 0 fully saturated rings. The van der Waals surface area contributed by atoms with E-state index in [9.17, 15) is 4.39 Å². The fourth-order valence-electron chi connectivity index (χ4n) is 1.19. The van der Waals surface area contributed by atoms with Crippen molar-refractivity contribution in [3.8, 4) is 0 Å². The zero-order chi connectivity index (χ0) is 10.7. The second-order valence-electron chi connectivity index (χ2n) is 2.94. The zero-order valence-corrected chi connectivity index (χ0v) is 12.0. The van der Waals surface area contributed by atoms with E-state index in [1.165, 1.54) is 0 Å². The normalized spacial score (nSPS) is 10.0. The number of rotatable bonds is 3. The van der Waals surface area contributed by atoms with E-state index in [1.54, 1.807) is 19.1 Å². The lowest BCUT2D eigenvalue weighted by Gasteiger charge is -2.11. The van der Waals surface area contributed by atoms with Gasteiger partial charge in [0.2, 0.25) is 0 Å². The molecule has 1 rings (SSSR count). The number of nitrogens with zero attached hydrogens (tertiary/aromatic N) is 1. The van der Waals surface area contributed by atoms with Crippen LogP contribution in [-0.4, -0.2) is 0 Å². The standard InChI is InChI=1S/C10H10FI2N/c1-3-4-8-5-9(14(12)13)6-10(11)7(8)2/h3,5-6H,1,4H2,2H3. The molecule has 0 amide bonds. The maximum Gasteiger partial charge on any atom is 0.128 e. The Morgan fingerprint density at radius 2 is 2.14 bits per heavy atom. The molecule has 0 aliphatic heterocycles. The minimum atomic E-state index is -0.155. The van der Waals surface area contributed by atoms with Crippen LogP contribution in [-0.2, 0) is 6.42 Å². The monoisotopic (exact) mass is 417 g/mol. The van der Waals surface area contributed by atoms with Crippen LogP contribution in [0.15, 0.2) is 24.8 Å². The minimum absolute atomic E-state index is 0.155. The largest absolute Gasteiger partial charge is 0.255 e. The second-order valence-corrected chi connectivity index (χ2v) is 6.71. The fourth-order valence-corrected chi connectivity index (χ4v) is 1.74. The molecule has 0 unspecified atom stereocenters. The van der Waals surface area contributed by atoms with Crippen LogP contribution < -0.4 is 1.33 Å². The minimum Gasteiger partial charge on any atom is -0.255 e. The van der Waals surface area contributed by atoms with Gasteiger partial charge in [-0.2, -0.15) is 0 Å². The Morgan fingerprint density at radius 1 is 1.50 bits per heavy atom. The lowest BCUT2D eigenvalue weighted by Crippen LogP contribution is -1.97. The van der Waals surface area contributed by atoms with Crippen molar-refractivity contribution in [2.24, 2.45) is 0 Å². The van der Waals surface area contributed by atoms with Gasteiger partial charge in [0.05, 0.1) is 51.4 Å². The van der Waals surface area contributed by atoms with E-state index in [0.29, 0.717) is 12.0 Å². The van der Waals surface area contributed by atoms with E-state index >= 15 is 0 Å². The van der Waals surface area contributed by atoms with Gasteiger partial charge < -0.3 is 0 Å². The summed E-state index contributed by atoms with van der Waals surface area (Å²) in [5, 5.41) is 0. The highest BCUT2D eigenvalue weighted by molar-refractivity contribution is 14.2. The Bertz CT molecular complexity index is 350. The van der Waals surface area contributed by atoms with Gasteiger partial charge >= 0.3 is 0 Å². The number of halogens is 3. The number of benzene rings is 1. The number of hydrogen-bond donors (Lipinski definition) is 0. The van der Waals surface area contributed by atoms with Crippen molar-refractivity contribution in [2.75, 3.05) is 1.33 Å². The maximum absolute atomic E-state index is 13.5. The van der Waals surface area contributed by atoms with Crippen LogP contribution in [0, 0.1) is 12.7 Å². The van der Waals surface area contributed by atoms with Crippen LogP contribution in [0.25, 0.3) is 0 Å². The summed E-state index contributed by atoms with van der Waals surface area (Å²) in [4.78, 5) is 0.